The van der Waals surface area contributed by atoms with Gasteiger partial charge < -0.3 is 21.1 Å². The number of fused-ring (bicyclic) bond motifs is 3. The summed E-state index contributed by atoms with van der Waals surface area (Å²) in [4.78, 5) is 49.2. The van der Waals surface area contributed by atoms with Gasteiger partial charge in [0.05, 0.1) is 0 Å². The van der Waals surface area contributed by atoms with Crippen molar-refractivity contribution in [2.24, 2.45) is 22.7 Å². The van der Waals surface area contributed by atoms with Gasteiger partial charge in [-0.1, -0.05) is 31.0 Å². The van der Waals surface area contributed by atoms with Crippen molar-refractivity contribution in [3.05, 3.63) is 55.7 Å². The number of Topliss-reactive ketones (excluding diaryl/α,β-unsaturated/α-hetero) is 2. The molecule has 1 aromatic rings. The van der Waals surface area contributed by atoms with E-state index in [-0.39, 0.29) is 36.1 Å². The number of nitrogens with zero attached hydrogens (tertiary/aromatic N) is 1. The average Bonchev–Trinajstić information content (AvgIpc) is 2.80. The van der Waals surface area contributed by atoms with Crippen LogP contribution in [0.5, 0.6) is 0 Å². The van der Waals surface area contributed by atoms with E-state index in [2.05, 4.69) is 5.18 Å². The highest BCUT2D eigenvalue weighted by Gasteiger charge is 2.60. The number of nitroso groups, excluding NO2 is 1. The minimum Gasteiger partial charge on any atom is -0.508 e. The molecule has 0 bridgehead atoms. The molecule has 35 heavy (non-hydrogen) atoms. The molecule has 184 valence electrons. The van der Waals surface area contributed by atoms with Crippen molar-refractivity contribution >= 4 is 46.6 Å². The first-order valence-corrected chi connectivity index (χ1v) is 11.8. The average molecular weight is 501 g/mol. The summed E-state index contributed by atoms with van der Waals surface area (Å²) in [6.45, 7) is 2.04. The fraction of sp³-hybridized carbons (Fsp3) is 0.400. The van der Waals surface area contributed by atoms with E-state index in [4.69, 9.17) is 17.3 Å². The first-order valence-electron chi connectivity index (χ1n) is 11.4. The van der Waals surface area contributed by atoms with Gasteiger partial charge in [-0.2, -0.15) is 0 Å². The molecule has 1 aromatic carbocycles. The van der Waals surface area contributed by atoms with Gasteiger partial charge in [-0.25, -0.2) is 0 Å². The number of nitrogens with two attached hydrogens (primary N) is 1. The lowest BCUT2D eigenvalue weighted by Crippen LogP contribution is -2.58. The van der Waals surface area contributed by atoms with E-state index in [0.29, 0.717) is 22.6 Å². The second-order valence-corrected chi connectivity index (χ2v) is 9.71. The number of primary amides is 1. The number of allylic oxidation sites excluding steroid dienone is 1. The predicted molar refractivity (Wildman–Crippen MR) is 129 cm³/mol. The molecule has 0 aromatic heterocycles. The molecule has 0 saturated heterocycles. The Bertz CT molecular complexity index is 1260. The molecule has 1 saturated carbocycles. The summed E-state index contributed by atoms with van der Waals surface area (Å²) in [5, 5.41) is 36.7. The van der Waals surface area contributed by atoms with E-state index in [9.17, 15) is 34.6 Å². The zero-order chi connectivity index (χ0) is 25.7. The second kappa shape index (κ2) is 9.05. The Balaban J connectivity index is 1.90. The normalized spacial score (nSPS) is 26.3. The summed E-state index contributed by atoms with van der Waals surface area (Å²) in [6.07, 6.45) is 4.15. The van der Waals surface area contributed by atoms with Crippen molar-refractivity contribution in [1.82, 2.24) is 0 Å². The van der Waals surface area contributed by atoms with Crippen LogP contribution >= 0.6 is 11.6 Å². The number of aliphatic hydroxyl groups is 3. The lowest BCUT2D eigenvalue weighted by atomic mass is 9.59. The number of ketones is 2. The van der Waals surface area contributed by atoms with Crippen LogP contribution in [0.15, 0.2) is 39.2 Å². The van der Waals surface area contributed by atoms with Crippen LogP contribution in [0.4, 0.5) is 5.69 Å². The summed E-state index contributed by atoms with van der Waals surface area (Å²) in [6, 6.07) is 3.08. The number of halogens is 1. The molecule has 10 heteroatoms. The minimum atomic E-state index is -2.59. The maximum absolute atomic E-state index is 13.5. The standard InChI is InChI=1S/C25H25ClN2O7/c1-2-3-4-14(26)8-11-5-6-16(28-35)19-15(11)9-12-7-13-10-17(29)20(24(27)33)23(32)25(13,34)22(31)18(12)21(19)30/h5-6,8,12-13,30,32,34H,2-4,7,9-10H2,1H3,(H2,27,33)/b14-8-/t12-,13+,25+/m1/s1. The van der Waals surface area contributed by atoms with E-state index < -0.39 is 52.0 Å². The van der Waals surface area contributed by atoms with Crippen LogP contribution in [-0.2, 0) is 20.8 Å². The Hall–Kier alpha value is -3.30. The number of hydrogen-bond acceptors (Lipinski definition) is 8. The lowest BCUT2D eigenvalue weighted by molar-refractivity contribution is -0.147. The molecule has 5 N–H and O–H groups in total. The van der Waals surface area contributed by atoms with Gasteiger partial charge in [-0.3, -0.25) is 14.4 Å². The highest BCUT2D eigenvalue weighted by Crippen LogP contribution is 2.52. The van der Waals surface area contributed by atoms with Gasteiger partial charge in [-0.15, -0.1) is 4.91 Å². The zero-order valence-electron chi connectivity index (χ0n) is 19.0. The van der Waals surface area contributed by atoms with Crippen LogP contribution in [0, 0.1) is 16.7 Å². The van der Waals surface area contributed by atoms with Crippen molar-refractivity contribution in [2.75, 3.05) is 0 Å². The molecule has 1 fully saturated rings. The van der Waals surface area contributed by atoms with Crippen molar-refractivity contribution < 1.29 is 29.7 Å². The van der Waals surface area contributed by atoms with E-state index in [1.54, 1.807) is 12.1 Å². The number of aliphatic hydroxyl groups excluding tert-OH is 2. The molecule has 3 atom stereocenters. The fourth-order valence-corrected chi connectivity index (χ4v) is 5.69. The Morgan fingerprint density at radius 2 is 2.00 bits per heavy atom. The topological polar surface area (TPSA) is 167 Å². The van der Waals surface area contributed by atoms with Gasteiger partial charge in [0, 0.05) is 28.5 Å². The fourth-order valence-electron chi connectivity index (χ4n) is 5.44. The third-order valence-electron chi connectivity index (χ3n) is 7.16. The molecular weight excluding hydrogens is 476 g/mol. The van der Waals surface area contributed by atoms with Gasteiger partial charge in [0.2, 0.25) is 5.78 Å². The maximum Gasteiger partial charge on any atom is 0.255 e. The van der Waals surface area contributed by atoms with Gasteiger partial charge in [-0.05, 0) is 60.0 Å². The van der Waals surface area contributed by atoms with Crippen LogP contribution in [0.1, 0.15) is 55.7 Å². The Labute approximate surface area is 205 Å². The summed E-state index contributed by atoms with van der Waals surface area (Å²) in [5.41, 5.74) is 2.78. The van der Waals surface area contributed by atoms with Crippen LogP contribution in [0.2, 0.25) is 0 Å². The molecule has 1 amide bonds. The highest BCUT2D eigenvalue weighted by atomic mass is 35.5. The number of benzene rings is 1. The molecule has 3 aliphatic carbocycles. The molecule has 0 unspecified atom stereocenters. The van der Waals surface area contributed by atoms with Gasteiger partial charge >= 0.3 is 0 Å². The summed E-state index contributed by atoms with van der Waals surface area (Å²) < 4.78 is 0. The zero-order valence-corrected chi connectivity index (χ0v) is 19.8. The van der Waals surface area contributed by atoms with Crippen LogP contribution in [-0.4, -0.2) is 38.4 Å². The number of carbonyl (C=O) groups is 3. The number of rotatable bonds is 6. The van der Waals surface area contributed by atoms with Crippen LogP contribution in [0.3, 0.4) is 0 Å². The third kappa shape index (κ3) is 3.79. The highest BCUT2D eigenvalue weighted by molar-refractivity contribution is 6.31. The molecule has 0 aliphatic heterocycles. The van der Waals surface area contributed by atoms with Crippen molar-refractivity contribution in [3.8, 4) is 0 Å². The van der Waals surface area contributed by atoms with E-state index >= 15 is 0 Å². The molecule has 0 radical (unpaired) electrons. The minimum absolute atomic E-state index is 0.0563. The quantitative estimate of drug-likeness (QED) is 0.339. The number of carbonyl (C=O) groups excluding carboxylic acids is 3. The molecule has 0 heterocycles. The summed E-state index contributed by atoms with van der Waals surface area (Å²) >= 11 is 6.39. The third-order valence-corrected chi connectivity index (χ3v) is 7.46. The van der Waals surface area contributed by atoms with Gasteiger partial charge in [0.1, 0.15) is 22.8 Å². The van der Waals surface area contributed by atoms with Crippen LogP contribution in [0.25, 0.3) is 11.8 Å². The van der Waals surface area contributed by atoms with Crippen molar-refractivity contribution in [1.29, 1.82) is 0 Å². The van der Waals surface area contributed by atoms with E-state index in [1.165, 1.54) is 6.07 Å². The van der Waals surface area contributed by atoms with Gasteiger partial charge in [0.15, 0.2) is 11.4 Å². The molecule has 4 rings (SSSR count). The first-order chi connectivity index (χ1) is 16.6. The summed E-state index contributed by atoms with van der Waals surface area (Å²) in [5.74, 6) is -6.33. The number of amides is 1. The molecular formula is C25H25ClN2O7. The predicted octanol–water partition coefficient (Wildman–Crippen LogP) is 3.89. The monoisotopic (exact) mass is 500 g/mol. The Kier molecular flexibility index (Phi) is 6.42. The maximum atomic E-state index is 13.5. The Morgan fingerprint density at radius 3 is 2.63 bits per heavy atom. The van der Waals surface area contributed by atoms with E-state index in [1.807, 2.05) is 6.92 Å². The van der Waals surface area contributed by atoms with Crippen molar-refractivity contribution in [3.63, 3.8) is 0 Å². The van der Waals surface area contributed by atoms with Gasteiger partial charge in [0.25, 0.3) is 5.91 Å². The lowest BCUT2D eigenvalue weighted by Gasteiger charge is -2.46. The Morgan fingerprint density at radius 1 is 1.29 bits per heavy atom. The molecule has 9 nitrogen and oxygen atoms in total. The smallest absolute Gasteiger partial charge is 0.255 e. The van der Waals surface area contributed by atoms with Crippen molar-refractivity contribution in [2.45, 2.75) is 51.0 Å². The second-order valence-electron chi connectivity index (χ2n) is 9.22. The number of hydrogen-bond donors (Lipinski definition) is 4. The molecule has 0 spiro atoms. The number of unbranched alkanes of at least 4 members (excludes halogenated alkanes) is 1. The first kappa shape index (κ1) is 24.8. The van der Waals surface area contributed by atoms with E-state index in [0.717, 1.165) is 12.8 Å². The molecule has 3 aliphatic rings. The van der Waals surface area contributed by atoms with Crippen LogP contribution < -0.4 is 5.73 Å². The summed E-state index contributed by atoms with van der Waals surface area (Å²) in [7, 11) is 0. The largest absolute Gasteiger partial charge is 0.508 e. The SMILES string of the molecule is CCCC/C(Cl)=C/c1ccc(N=O)c2c1C[C@H]1C[C@H]3CC(=O)C(C(N)=O)=C(O)[C@@]3(O)C(=O)C1=C2O.